The van der Waals surface area contributed by atoms with Crippen LogP contribution in [0, 0.1) is 0 Å². The average molecular weight is 500 g/mol. The van der Waals surface area contributed by atoms with Crippen molar-refractivity contribution in [1.29, 1.82) is 0 Å². The molecular formula is C27H21N3O3S2. The Balaban J connectivity index is 1.28. The summed E-state index contributed by atoms with van der Waals surface area (Å²) in [6, 6.07) is 25.5. The average Bonchev–Trinajstić information content (AvgIpc) is 3.41. The van der Waals surface area contributed by atoms with Crippen molar-refractivity contribution < 1.29 is 14.4 Å². The number of benzene rings is 3. The summed E-state index contributed by atoms with van der Waals surface area (Å²) in [6.45, 7) is -0.0474. The number of rotatable bonds is 6. The number of anilines is 3. The summed E-state index contributed by atoms with van der Waals surface area (Å²) in [4.78, 5) is 41.8. The summed E-state index contributed by atoms with van der Waals surface area (Å²) in [5, 5.41) is 7.75. The Morgan fingerprint density at radius 2 is 1.71 bits per heavy atom. The van der Waals surface area contributed by atoms with Crippen molar-refractivity contribution in [2.75, 3.05) is 22.1 Å². The SMILES string of the molecule is O=C1CN(C(=O)c2ccc(NC(=O)c3ccccc3SCc3cccs3)cc2)c2ccccc2N1. The first-order chi connectivity index (χ1) is 17.1. The molecule has 2 heterocycles. The molecule has 1 aliphatic heterocycles. The molecule has 0 saturated heterocycles. The number of carbonyl (C=O) groups is 3. The lowest BCUT2D eigenvalue weighted by molar-refractivity contribution is -0.115. The van der Waals surface area contributed by atoms with E-state index in [4.69, 9.17) is 0 Å². The lowest BCUT2D eigenvalue weighted by Crippen LogP contribution is -2.42. The molecule has 0 aliphatic carbocycles. The lowest BCUT2D eigenvalue weighted by atomic mass is 10.1. The van der Waals surface area contributed by atoms with Crippen LogP contribution in [0.25, 0.3) is 0 Å². The number of amides is 3. The van der Waals surface area contributed by atoms with Crippen LogP contribution >= 0.6 is 23.1 Å². The quantitative estimate of drug-likeness (QED) is 0.324. The summed E-state index contributed by atoms with van der Waals surface area (Å²) in [5.41, 5.74) is 2.88. The Hall–Kier alpha value is -3.88. The van der Waals surface area contributed by atoms with E-state index in [0.717, 1.165) is 10.6 Å². The van der Waals surface area contributed by atoms with Crippen molar-refractivity contribution in [3.8, 4) is 0 Å². The summed E-state index contributed by atoms with van der Waals surface area (Å²) in [6.07, 6.45) is 0. The molecular weight excluding hydrogens is 478 g/mol. The highest BCUT2D eigenvalue weighted by Crippen LogP contribution is 2.31. The van der Waals surface area contributed by atoms with Gasteiger partial charge in [0, 0.05) is 26.8 Å². The summed E-state index contributed by atoms with van der Waals surface area (Å²) in [7, 11) is 0. The standard InChI is InChI=1S/C27H21N3O3S2/c31-25-16-30(23-9-3-2-8-22(23)29-25)27(33)18-11-13-19(14-12-18)28-26(32)21-7-1-4-10-24(21)35-17-20-6-5-15-34-20/h1-15H,16-17H2,(H,28,32)(H,29,31). The monoisotopic (exact) mass is 499 g/mol. The second-order valence-corrected chi connectivity index (χ2v) is 9.90. The predicted octanol–water partition coefficient (Wildman–Crippen LogP) is 5.89. The van der Waals surface area contributed by atoms with Gasteiger partial charge in [0.1, 0.15) is 6.54 Å². The zero-order valence-corrected chi connectivity index (χ0v) is 20.2. The van der Waals surface area contributed by atoms with Crippen LogP contribution in [0.2, 0.25) is 0 Å². The van der Waals surface area contributed by atoms with Gasteiger partial charge in [-0.15, -0.1) is 23.1 Å². The number of thiophene rings is 1. The van der Waals surface area contributed by atoms with Crippen LogP contribution < -0.4 is 15.5 Å². The van der Waals surface area contributed by atoms with Crippen LogP contribution in [0.1, 0.15) is 25.6 Å². The minimum Gasteiger partial charge on any atom is -0.323 e. The van der Waals surface area contributed by atoms with Crippen LogP contribution in [0.15, 0.2) is 95.2 Å². The summed E-state index contributed by atoms with van der Waals surface area (Å²) < 4.78 is 0. The van der Waals surface area contributed by atoms with Crippen molar-refractivity contribution in [2.24, 2.45) is 0 Å². The molecule has 0 saturated carbocycles. The molecule has 1 aliphatic rings. The molecule has 4 aromatic rings. The molecule has 0 atom stereocenters. The minimum atomic E-state index is -0.277. The normalized spacial score (nSPS) is 12.6. The van der Waals surface area contributed by atoms with Gasteiger partial charge in [-0.05, 0) is 60.0 Å². The molecule has 3 aromatic carbocycles. The number of carbonyl (C=O) groups excluding carboxylic acids is 3. The van der Waals surface area contributed by atoms with E-state index >= 15 is 0 Å². The molecule has 0 radical (unpaired) electrons. The van der Waals surface area contributed by atoms with Crippen molar-refractivity contribution in [3.05, 3.63) is 106 Å². The maximum absolute atomic E-state index is 13.1. The topological polar surface area (TPSA) is 78.5 Å². The molecule has 3 amide bonds. The number of thioether (sulfide) groups is 1. The third kappa shape index (κ3) is 5.13. The Kier molecular flexibility index (Phi) is 6.65. The zero-order chi connectivity index (χ0) is 24.2. The van der Waals surface area contributed by atoms with Crippen molar-refractivity contribution in [3.63, 3.8) is 0 Å². The molecule has 0 spiro atoms. The third-order valence-corrected chi connectivity index (χ3v) is 7.67. The largest absolute Gasteiger partial charge is 0.323 e. The van der Waals surface area contributed by atoms with Gasteiger partial charge in [-0.25, -0.2) is 0 Å². The highest BCUT2D eigenvalue weighted by atomic mass is 32.2. The van der Waals surface area contributed by atoms with Gasteiger partial charge in [0.15, 0.2) is 0 Å². The summed E-state index contributed by atoms with van der Waals surface area (Å²) >= 11 is 3.32. The van der Waals surface area contributed by atoms with Crippen molar-refractivity contribution in [1.82, 2.24) is 0 Å². The van der Waals surface area contributed by atoms with E-state index in [0.29, 0.717) is 28.2 Å². The molecule has 6 nitrogen and oxygen atoms in total. The molecule has 2 N–H and O–H groups in total. The first kappa shape index (κ1) is 22.9. The van der Waals surface area contributed by atoms with E-state index in [-0.39, 0.29) is 24.3 Å². The number of nitrogens with one attached hydrogen (secondary N) is 2. The van der Waals surface area contributed by atoms with E-state index in [1.54, 1.807) is 59.5 Å². The number of fused-ring (bicyclic) bond motifs is 1. The molecule has 0 unspecified atom stereocenters. The van der Waals surface area contributed by atoms with Crippen LogP contribution in [-0.2, 0) is 10.5 Å². The fraction of sp³-hybridized carbons (Fsp3) is 0.0741. The third-order valence-electron chi connectivity index (χ3n) is 5.49. The van der Waals surface area contributed by atoms with Crippen LogP contribution in [-0.4, -0.2) is 24.3 Å². The number of nitrogens with zero attached hydrogens (tertiary/aromatic N) is 1. The highest BCUT2D eigenvalue weighted by Gasteiger charge is 2.27. The van der Waals surface area contributed by atoms with Crippen LogP contribution in [0.5, 0.6) is 0 Å². The molecule has 5 rings (SSSR count). The second kappa shape index (κ2) is 10.2. The Morgan fingerprint density at radius 3 is 2.51 bits per heavy atom. The highest BCUT2D eigenvalue weighted by molar-refractivity contribution is 7.98. The van der Waals surface area contributed by atoms with Gasteiger partial charge in [0.05, 0.1) is 16.9 Å². The van der Waals surface area contributed by atoms with Gasteiger partial charge in [0.2, 0.25) is 5.91 Å². The van der Waals surface area contributed by atoms with Gasteiger partial charge >= 0.3 is 0 Å². The van der Waals surface area contributed by atoms with E-state index in [1.807, 2.05) is 47.8 Å². The molecule has 8 heteroatoms. The minimum absolute atomic E-state index is 0.0474. The van der Waals surface area contributed by atoms with E-state index < -0.39 is 0 Å². The van der Waals surface area contributed by atoms with Gasteiger partial charge in [-0.3, -0.25) is 19.3 Å². The molecule has 0 fully saturated rings. The Morgan fingerprint density at radius 1 is 0.943 bits per heavy atom. The molecule has 174 valence electrons. The van der Waals surface area contributed by atoms with Gasteiger partial charge in [-0.2, -0.15) is 0 Å². The van der Waals surface area contributed by atoms with Crippen LogP contribution in [0.4, 0.5) is 17.1 Å². The van der Waals surface area contributed by atoms with Gasteiger partial charge < -0.3 is 10.6 Å². The zero-order valence-electron chi connectivity index (χ0n) is 18.6. The molecule has 0 bridgehead atoms. The number of hydrogen-bond donors (Lipinski definition) is 2. The van der Waals surface area contributed by atoms with E-state index in [9.17, 15) is 14.4 Å². The maximum atomic E-state index is 13.1. The first-order valence-corrected chi connectivity index (χ1v) is 12.8. The molecule has 1 aromatic heterocycles. The number of hydrogen-bond acceptors (Lipinski definition) is 5. The molecule has 35 heavy (non-hydrogen) atoms. The van der Waals surface area contributed by atoms with E-state index in [1.165, 1.54) is 9.78 Å². The van der Waals surface area contributed by atoms with Crippen molar-refractivity contribution >= 4 is 57.9 Å². The second-order valence-electron chi connectivity index (χ2n) is 7.85. The summed E-state index contributed by atoms with van der Waals surface area (Å²) in [5.74, 6) is 0.0770. The fourth-order valence-corrected chi connectivity index (χ4v) is 5.61. The Bertz CT molecular complexity index is 1390. The fourth-order valence-electron chi connectivity index (χ4n) is 3.79. The maximum Gasteiger partial charge on any atom is 0.258 e. The van der Waals surface area contributed by atoms with Gasteiger partial charge in [0.25, 0.3) is 11.8 Å². The number of para-hydroxylation sites is 2. The predicted molar refractivity (Wildman–Crippen MR) is 141 cm³/mol. The first-order valence-electron chi connectivity index (χ1n) is 10.9. The van der Waals surface area contributed by atoms with E-state index in [2.05, 4.69) is 16.7 Å². The van der Waals surface area contributed by atoms with Crippen LogP contribution in [0.3, 0.4) is 0 Å². The van der Waals surface area contributed by atoms with Crippen molar-refractivity contribution in [2.45, 2.75) is 10.6 Å². The lowest BCUT2D eigenvalue weighted by Gasteiger charge is -2.29. The smallest absolute Gasteiger partial charge is 0.258 e. The Labute approximate surface area is 211 Å². The van der Waals surface area contributed by atoms with Gasteiger partial charge in [-0.1, -0.05) is 30.3 Å².